The van der Waals surface area contributed by atoms with Gasteiger partial charge < -0.3 is 0 Å². The number of rotatable bonds is 33. The van der Waals surface area contributed by atoms with Crippen molar-refractivity contribution in [2.45, 2.75) is 241 Å². The zero-order chi connectivity index (χ0) is 31.2. The topological polar surface area (TPSA) is 0 Å². The van der Waals surface area contributed by atoms with Gasteiger partial charge in [-0.3, -0.25) is 0 Å². The molecule has 0 radical (unpaired) electrons. The first-order valence-electron chi connectivity index (χ1n) is 20.3. The summed E-state index contributed by atoms with van der Waals surface area (Å²) in [6.45, 7) is 17.9. The summed E-state index contributed by atoms with van der Waals surface area (Å²) in [5, 5.41) is 0. The van der Waals surface area contributed by atoms with Gasteiger partial charge in [-0.2, -0.15) is 0 Å². The van der Waals surface area contributed by atoms with Crippen molar-refractivity contribution in [3.8, 4) is 0 Å². The van der Waals surface area contributed by atoms with Gasteiger partial charge in [0.15, 0.2) is 0 Å². The van der Waals surface area contributed by atoms with Gasteiger partial charge >= 0.3 is 276 Å². The van der Waals surface area contributed by atoms with Gasteiger partial charge in [0.2, 0.25) is 0 Å². The molecule has 42 heavy (non-hydrogen) atoms. The second kappa shape index (κ2) is 31.6. The van der Waals surface area contributed by atoms with E-state index >= 15 is 0 Å². The van der Waals surface area contributed by atoms with Crippen LogP contribution in [0.1, 0.15) is 215 Å². The SMILES string of the molecule is CCCCCCCC/[C](=C(\CCCCCC)B(CCCCCC)CCCCCC)[Sn]([CH2]CCC)([CH2]CCC)[CH2]CCC. The molecule has 0 unspecified atom stereocenters. The molecule has 0 heterocycles. The Labute approximate surface area is 274 Å². The third-order valence-corrected chi connectivity index (χ3v) is 26.9. The summed E-state index contributed by atoms with van der Waals surface area (Å²) in [6, 6.07) is 0. The van der Waals surface area contributed by atoms with Crippen LogP contribution in [0.15, 0.2) is 9.06 Å². The fourth-order valence-electron chi connectivity index (χ4n) is 7.69. The van der Waals surface area contributed by atoms with E-state index in [4.69, 9.17) is 0 Å². The van der Waals surface area contributed by atoms with Crippen LogP contribution in [0.25, 0.3) is 0 Å². The molecule has 0 spiro atoms. The number of allylic oxidation sites excluding steroid dienone is 2. The van der Waals surface area contributed by atoms with Crippen molar-refractivity contribution in [1.29, 1.82) is 0 Å². The fourth-order valence-corrected chi connectivity index (χ4v) is 26.1. The van der Waals surface area contributed by atoms with E-state index in [1.54, 1.807) is 13.3 Å². The van der Waals surface area contributed by atoms with Crippen LogP contribution in [-0.4, -0.2) is 25.1 Å². The van der Waals surface area contributed by atoms with Gasteiger partial charge in [0.25, 0.3) is 0 Å². The molecule has 0 nitrogen and oxygen atoms in total. The van der Waals surface area contributed by atoms with Crippen LogP contribution in [0.5, 0.6) is 0 Å². The zero-order valence-corrected chi connectivity index (χ0v) is 33.9. The van der Waals surface area contributed by atoms with E-state index in [0.717, 1.165) is 6.71 Å². The molecule has 0 aromatic heterocycles. The predicted molar refractivity (Wildman–Crippen MR) is 202 cm³/mol. The minimum absolute atomic E-state index is 0.913. The van der Waals surface area contributed by atoms with Crippen LogP contribution in [-0.2, 0) is 0 Å². The molecule has 0 saturated heterocycles. The summed E-state index contributed by atoms with van der Waals surface area (Å²) in [4.78, 5) is 0. The van der Waals surface area contributed by atoms with E-state index in [2.05, 4.69) is 57.5 Å². The maximum atomic E-state index is 2.48. The van der Waals surface area contributed by atoms with Crippen molar-refractivity contribution >= 4 is 25.1 Å². The quantitative estimate of drug-likeness (QED) is 0.0474. The van der Waals surface area contributed by atoms with E-state index in [1.165, 1.54) is 180 Å². The van der Waals surface area contributed by atoms with E-state index in [-0.39, 0.29) is 0 Å². The monoisotopic (exact) mass is 695 g/mol. The Morgan fingerprint density at radius 2 is 0.690 bits per heavy atom. The summed E-state index contributed by atoms with van der Waals surface area (Å²) < 4.78 is 7.29. The first-order valence-corrected chi connectivity index (χ1v) is 27.8. The fraction of sp³-hybridized carbons (Fsp3) is 0.950. The molecule has 0 atom stereocenters. The average Bonchev–Trinajstić information content (AvgIpc) is 3.01. The molecule has 0 aromatic carbocycles. The van der Waals surface area contributed by atoms with Crippen molar-refractivity contribution in [2.75, 3.05) is 0 Å². The van der Waals surface area contributed by atoms with Crippen LogP contribution in [0.4, 0.5) is 0 Å². The van der Waals surface area contributed by atoms with Gasteiger partial charge in [-0.1, -0.05) is 0 Å². The Balaban J connectivity index is 6.78. The molecule has 0 aliphatic rings. The Bertz CT molecular complexity index is 548. The van der Waals surface area contributed by atoms with E-state index in [1.807, 2.05) is 0 Å². The van der Waals surface area contributed by atoms with Gasteiger partial charge in [0, 0.05) is 0 Å². The number of hydrogen-bond acceptors (Lipinski definition) is 0. The third-order valence-electron chi connectivity index (χ3n) is 10.4. The maximum absolute atomic E-state index is 2.50. The summed E-state index contributed by atoms with van der Waals surface area (Å²) in [5.41, 5.74) is 2.13. The Hall–Kier alpha value is 0.604. The summed E-state index contributed by atoms with van der Waals surface area (Å²) >= 11 is -2.50. The van der Waals surface area contributed by atoms with Gasteiger partial charge in [-0.25, -0.2) is 0 Å². The van der Waals surface area contributed by atoms with Gasteiger partial charge in [0.1, 0.15) is 0 Å². The van der Waals surface area contributed by atoms with Crippen molar-refractivity contribution in [1.82, 2.24) is 0 Å². The first kappa shape index (κ1) is 42.6. The zero-order valence-electron chi connectivity index (χ0n) is 31.0. The van der Waals surface area contributed by atoms with Crippen molar-refractivity contribution < 1.29 is 0 Å². The molecule has 0 aliphatic heterocycles. The van der Waals surface area contributed by atoms with Gasteiger partial charge in [-0.05, 0) is 0 Å². The van der Waals surface area contributed by atoms with Crippen molar-refractivity contribution in [3.05, 3.63) is 9.06 Å². The molecule has 0 aliphatic carbocycles. The minimum atomic E-state index is -2.50. The van der Waals surface area contributed by atoms with Crippen LogP contribution in [0.3, 0.4) is 0 Å². The molecular formula is C40H83BSn. The predicted octanol–water partition coefficient (Wildman–Crippen LogP) is 15.6. The van der Waals surface area contributed by atoms with Crippen molar-refractivity contribution in [3.63, 3.8) is 0 Å². The molecule has 0 saturated carbocycles. The first-order chi connectivity index (χ1) is 20.6. The molecule has 0 aromatic rings. The number of hydrogen-bond donors (Lipinski definition) is 0. The molecule has 0 N–H and O–H groups in total. The van der Waals surface area contributed by atoms with Gasteiger partial charge in [-0.15, -0.1) is 0 Å². The number of unbranched alkanes of at least 4 members (excludes halogenated alkanes) is 17. The third kappa shape index (κ3) is 20.6. The van der Waals surface area contributed by atoms with Gasteiger partial charge in [0.05, 0.1) is 0 Å². The second-order valence-corrected chi connectivity index (χ2v) is 27.6. The van der Waals surface area contributed by atoms with E-state index in [0.29, 0.717) is 0 Å². The van der Waals surface area contributed by atoms with E-state index in [9.17, 15) is 0 Å². The molecule has 0 bridgehead atoms. The molecule has 0 amide bonds. The van der Waals surface area contributed by atoms with E-state index < -0.39 is 18.4 Å². The average molecular weight is 694 g/mol. The summed E-state index contributed by atoms with van der Waals surface area (Å²) in [6.07, 6.45) is 40.8. The molecular weight excluding hydrogens is 610 g/mol. The Morgan fingerprint density at radius 3 is 1.12 bits per heavy atom. The Kier molecular flexibility index (Phi) is 32.0. The van der Waals surface area contributed by atoms with Crippen molar-refractivity contribution in [2.24, 2.45) is 0 Å². The molecule has 0 fully saturated rings. The van der Waals surface area contributed by atoms with Crippen LogP contribution in [0, 0.1) is 0 Å². The summed E-state index contributed by atoms with van der Waals surface area (Å²) in [7, 11) is 0. The second-order valence-electron chi connectivity index (χ2n) is 14.3. The molecule has 250 valence electrons. The molecule has 2 heteroatoms. The summed E-state index contributed by atoms with van der Waals surface area (Å²) in [5.74, 6) is 0. The van der Waals surface area contributed by atoms with Crippen LogP contribution >= 0.6 is 0 Å². The standard InChI is InChI=1S/C28H56B.3C4H9.Sn/c1-5-9-13-17-18-19-21-25-28(24-20-14-10-6-2)29(26-22-15-11-7-3)27-23-16-12-8-4;3*1-3-4-2;/h5-24,26-27H2,1-4H3;3*1,3-4H2,2H3;. The van der Waals surface area contributed by atoms with Crippen LogP contribution in [0.2, 0.25) is 26.0 Å². The van der Waals surface area contributed by atoms with Crippen LogP contribution < -0.4 is 0 Å². The molecule has 0 rings (SSSR count). The normalized spacial score (nSPS) is 12.6. The Morgan fingerprint density at radius 1 is 0.357 bits per heavy atom.